The van der Waals surface area contributed by atoms with E-state index in [2.05, 4.69) is 10.4 Å². The molecule has 1 fully saturated rings. The highest BCUT2D eigenvalue weighted by Gasteiger charge is 2.32. The van der Waals surface area contributed by atoms with Crippen molar-refractivity contribution < 1.29 is 14.6 Å². The maximum absolute atomic E-state index is 12.0. The van der Waals surface area contributed by atoms with E-state index >= 15 is 0 Å². The van der Waals surface area contributed by atoms with Gasteiger partial charge in [-0.25, -0.2) is 9.48 Å². The van der Waals surface area contributed by atoms with E-state index in [1.165, 1.54) is 4.40 Å². The third kappa shape index (κ3) is 2.81. The normalized spacial score (nSPS) is 21.8. The average Bonchev–Trinajstić information content (AvgIpc) is 3.03. The molecule has 2 N–H and O–H groups in total. The number of aliphatic hydroxyl groups is 1. The molecule has 2 aromatic heterocycles. The molecule has 2 aromatic rings. The van der Waals surface area contributed by atoms with E-state index in [-0.39, 0.29) is 31.3 Å². The SMILES string of the molecule is O=C(Cn1nc2ccccn2c1=O)NCC1(O)CCOC1. The lowest BCUT2D eigenvalue weighted by Gasteiger charge is -2.20. The molecular weight excluding hydrogens is 276 g/mol. The summed E-state index contributed by atoms with van der Waals surface area (Å²) in [6.07, 6.45) is 2.08. The summed E-state index contributed by atoms with van der Waals surface area (Å²) in [6, 6.07) is 5.17. The molecule has 1 aliphatic rings. The van der Waals surface area contributed by atoms with Gasteiger partial charge >= 0.3 is 5.69 Å². The van der Waals surface area contributed by atoms with E-state index in [1.807, 2.05) is 0 Å². The van der Waals surface area contributed by atoms with E-state index in [9.17, 15) is 14.7 Å². The number of pyridine rings is 1. The zero-order valence-electron chi connectivity index (χ0n) is 11.4. The summed E-state index contributed by atoms with van der Waals surface area (Å²) >= 11 is 0. The smallest absolute Gasteiger partial charge is 0.350 e. The Morgan fingerprint density at radius 1 is 1.52 bits per heavy atom. The van der Waals surface area contributed by atoms with Gasteiger partial charge in [-0.3, -0.25) is 9.20 Å². The molecule has 8 heteroatoms. The van der Waals surface area contributed by atoms with Crippen LogP contribution in [-0.2, 0) is 16.1 Å². The van der Waals surface area contributed by atoms with Crippen LogP contribution in [0, 0.1) is 0 Å². The van der Waals surface area contributed by atoms with Crippen LogP contribution in [0.5, 0.6) is 0 Å². The van der Waals surface area contributed by atoms with Crippen molar-refractivity contribution in [3.8, 4) is 0 Å². The molecule has 0 aliphatic carbocycles. The molecule has 0 bridgehead atoms. The molecule has 3 heterocycles. The number of nitrogens with one attached hydrogen (secondary N) is 1. The molecule has 0 radical (unpaired) electrons. The van der Waals surface area contributed by atoms with Gasteiger partial charge in [0.25, 0.3) is 0 Å². The number of hydrogen-bond acceptors (Lipinski definition) is 5. The zero-order chi connectivity index (χ0) is 14.9. The molecule has 1 amide bonds. The van der Waals surface area contributed by atoms with Crippen molar-refractivity contribution >= 4 is 11.6 Å². The Labute approximate surface area is 119 Å². The standard InChI is InChI=1S/C13H16N4O4/c18-11(14-8-13(20)4-6-21-9-13)7-17-12(19)16-5-2-1-3-10(16)15-17/h1-3,5,20H,4,6-9H2,(H,14,18). The Morgan fingerprint density at radius 3 is 3.10 bits per heavy atom. The fourth-order valence-corrected chi connectivity index (χ4v) is 2.26. The number of aromatic nitrogens is 3. The van der Waals surface area contributed by atoms with E-state index in [4.69, 9.17) is 4.74 Å². The van der Waals surface area contributed by atoms with Crippen LogP contribution in [-0.4, -0.2) is 50.6 Å². The molecule has 1 unspecified atom stereocenters. The fraction of sp³-hybridized carbons (Fsp3) is 0.462. The highest BCUT2D eigenvalue weighted by atomic mass is 16.5. The third-order valence-corrected chi connectivity index (χ3v) is 3.48. The summed E-state index contributed by atoms with van der Waals surface area (Å²) in [5.41, 5.74) is -0.902. The van der Waals surface area contributed by atoms with Crippen LogP contribution < -0.4 is 11.0 Å². The van der Waals surface area contributed by atoms with Crippen molar-refractivity contribution in [1.82, 2.24) is 19.5 Å². The summed E-state index contributed by atoms with van der Waals surface area (Å²) in [5, 5.41) is 16.7. The Balaban J connectivity index is 1.66. The number of ether oxygens (including phenoxy) is 1. The first-order valence-corrected chi connectivity index (χ1v) is 6.68. The number of hydrogen-bond donors (Lipinski definition) is 2. The van der Waals surface area contributed by atoms with Crippen molar-refractivity contribution in [3.05, 3.63) is 34.9 Å². The highest BCUT2D eigenvalue weighted by molar-refractivity contribution is 5.75. The number of amides is 1. The molecule has 1 aliphatic heterocycles. The van der Waals surface area contributed by atoms with Crippen LogP contribution in [0.2, 0.25) is 0 Å². The number of carbonyl (C=O) groups is 1. The van der Waals surface area contributed by atoms with Gasteiger partial charge in [-0.15, -0.1) is 5.10 Å². The maximum Gasteiger partial charge on any atom is 0.350 e. The minimum atomic E-state index is -1.01. The van der Waals surface area contributed by atoms with Gasteiger partial charge < -0.3 is 15.2 Å². The van der Waals surface area contributed by atoms with Crippen LogP contribution in [0.25, 0.3) is 5.65 Å². The topological polar surface area (TPSA) is 97.9 Å². The van der Waals surface area contributed by atoms with Gasteiger partial charge in [-0.05, 0) is 12.1 Å². The molecule has 112 valence electrons. The van der Waals surface area contributed by atoms with Gasteiger partial charge in [0.1, 0.15) is 12.1 Å². The monoisotopic (exact) mass is 292 g/mol. The molecule has 3 rings (SSSR count). The van der Waals surface area contributed by atoms with Crippen molar-refractivity contribution in [2.75, 3.05) is 19.8 Å². The highest BCUT2D eigenvalue weighted by Crippen LogP contribution is 2.16. The number of fused-ring (bicyclic) bond motifs is 1. The second-order valence-electron chi connectivity index (χ2n) is 5.17. The Kier molecular flexibility index (Phi) is 3.48. The van der Waals surface area contributed by atoms with Crippen molar-refractivity contribution in [3.63, 3.8) is 0 Å². The van der Waals surface area contributed by atoms with E-state index < -0.39 is 5.60 Å². The molecule has 1 saturated heterocycles. The summed E-state index contributed by atoms with van der Waals surface area (Å²) in [4.78, 5) is 23.9. The largest absolute Gasteiger partial charge is 0.386 e. The Morgan fingerprint density at radius 2 is 2.38 bits per heavy atom. The number of carbonyl (C=O) groups excluding carboxylic acids is 1. The second-order valence-corrected chi connectivity index (χ2v) is 5.17. The molecular formula is C13H16N4O4. The summed E-state index contributed by atoms with van der Waals surface area (Å²) in [7, 11) is 0. The lowest BCUT2D eigenvalue weighted by Crippen LogP contribution is -2.45. The van der Waals surface area contributed by atoms with Gasteiger partial charge in [0.05, 0.1) is 6.61 Å². The second kappa shape index (κ2) is 5.30. The van der Waals surface area contributed by atoms with Gasteiger partial charge in [0, 0.05) is 25.8 Å². The van der Waals surface area contributed by atoms with E-state index in [1.54, 1.807) is 24.4 Å². The van der Waals surface area contributed by atoms with Gasteiger partial charge in [-0.1, -0.05) is 6.07 Å². The molecule has 21 heavy (non-hydrogen) atoms. The zero-order valence-corrected chi connectivity index (χ0v) is 11.4. The first kappa shape index (κ1) is 13.8. The van der Waals surface area contributed by atoms with Crippen LogP contribution >= 0.6 is 0 Å². The summed E-state index contributed by atoms with van der Waals surface area (Å²) in [6.45, 7) is 0.616. The van der Waals surface area contributed by atoms with Crippen LogP contribution in [0.1, 0.15) is 6.42 Å². The van der Waals surface area contributed by atoms with Gasteiger partial charge in [-0.2, -0.15) is 0 Å². The lowest BCUT2D eigenvalue weighted by molar-refractivity contribution is -0.123. The van der Waals surface area contributed by atoms with Crippen molar-refractivity contribution in [2.24, 2.45) is 0 Å². The van der Waals surface area contributed by atoms with Gasteiger partial charge in [0.2, 0.25) is 5.91 Å². The van der Waals surface area contributed by atoms with Crippen molar-refractivity contribution in [1.29, 1.82) is 0 Å². The molecule has 1 atom stereocenters. The fourth-order valence-electron chi connectivity index (χ4n) is 2.26. The maximum atomic E-state index is 12.0. The Hall–Kier alpha value is -2.19. The summed E-state index contributed by atoms with van der Waals surface area (Å²) < 4.78 is 7.56. The van der Waals surface area contributed by atoms with Crippen LogP contribution in [0.15, 0.2) is 29.2 Å². The minimum absolute atomic E-state index is 0.105. The predicted octanol–water partition coefficient (Wildman–Crippen LogP) is -1.24. The molecule has 0 aromatic carbocycles. The molecule has 0 saturated carbocycles. The molecule has 0 spiro atoms. The van der Waals surface area contributed by atoms with Crippen LogP contribution in [0.4, 0.5) is 0 Å². The Bertz CT molecular complexity index is 714. The van der Waals surface area contributed by atoms with E-state index in [0.717, 1.165) is 4.68 Å². The average molecular weight is 292 g/mol. The van der Waals surface area contributed by atoms with Crippen LogP contribution in [0.3, 0.4) is 0 Å². The summed E-state index contributed by atoms with van der Waals surface area (Å²) in [5.74, 6) is -0.374. The minimum Gasteiger partial charge on any atom is -0.386 e. The van der Waals surface area contributed by atoms with E-state index in [0.29, 0.717) is 18.7 Å². The number of nitrogens with zero attached hydrogens (tertiary/aromatic N) is 3. The number of rotatable bonds is 4. The lowest BCUT2D eigenvalue weighted by atomic mass is 10.0. The predicted molar refractivity (Wildman–Crippen MR) is 72.8 cm³/mol. The third-order valence-electron chi connectivity index (χ3n) is 3.48. The first-order valence-electron chi connectivity index (χ1n) is 6.68. The molecule has 8 nitrogen and oxygen atoms in total. The van der Waals surface area contributed by atoms with Gasteiger partial charge in [0.15, 0.2) is 5.65 Å². The quantitative estimate of drug-likeness (QED) is 0.735. The van der Waals surface area contributed by atoms with Crippen molar-refractivity contribution in [2.45, 2.75) is 18.6 Å². The first-order chi connectivity index (χ1) is 10.1.